The van der Waals surface area contributed by atoms with Gasteiger partial charge in [0.15, 0.2) is 0 Å². The molecule has 1 aliphatic rings. The van der Waals surface area contributed by atoms with Crippen LogP contribution in [0.25, 0.3) is 0 Å². The van der Waals surface area contributed by atoms with E-state index in [1.165, 1.54) is 12.8 Å². The Balaban J connectivity index is 1.90. The zero-order valence-corrected chi connectivity index (χ0v) is 10.6. The Kier molecular flexibility index (Phi) is 4.50. The number of rotatable bonds is 8. The van der Waals surface area contributed by atoms with Crippen LogP contribution in [0.3, 0.4) is 0 Å². The molecule has 0 spiro atoms. The highest BCUT2D eigenvalue weighted by atomic mass is 16.5. The van der Waals surface area contributed by atoms with Gasteiger partial charge in [-0.15, -0.1) is 0 Å². The molecule has 1 N–H and O–H groups in total. The van der Waals surface area contributed by atoms with Crippen LogP contribution in [0.2, 0.25) is 0 Å². The fourth-order valence-corrected chi connectivity index (χ4v) is 1.83. The van der Waals surface area contributed by atoms with Crippen molar-refractivity contribution in [3.05, 3.63) is 11.7 Å². The van der Waals surface area contributed by atoms with Crippen LogP contribution in [0.1, 0.15) is 50.9 Å². The minimum atomic E-state index is 0.0312. The van der Waals surface area contributed by atoms with Gasteiger partial charge < -0.3 is 14.6 Å². The average Bonchev–Trinajstić information content (AvgIpc) is 3.06. The van der Waals surface area contributed by atoms with Crippen molar-refractivity contribution >= 4 is 0 Å². The third-order valence-corrected chi connectivity index (χ3v) is 2.84. The Bertz CT molecular complexity index is 336. The summed E-state index contributed by atoms with van der Waals surface area (Å²) < 4.78 is 10.9. The molecule has 0 aliphatic heterocycles. The van der Waals surface area contributed by atoms with Crippen LogP contribution in [-0.2, 0) is 11.3 Å². The molecule has 0 bridgehead atoms. The maximum Gasteiger partial charge on any atom is 0.240 e. The lowest BCUT2D eigenvalue weighted by atomic mass is 10.2. The summed E-state index contributed by atoms with van der Waals surface area (Å²) >= 11 is 0. The van der Waals surface area contributed by atoms with Crippen LogP contribution in [0.15, 0.2) is 4.52 Å². The molecule has 0 saturated heterocycles. The summed E-state index contributed by atoms with van der Waals surface area (Å²) in [6.07, 6.45) is 3.55. The second-order valence-corrected chi connectivity index (χ2v) is 4.44. The van der Waals surface area contributed by atoms with Crippen LogP contribution < -0.4 is 5.32 Å². The fraction of sp³-hybridized carbons (Fsp3) is 0.833. The van der Waals surface area contributed by atoms with Gasteiger partial charge in [-0.3, -0.25) is 0 Å². The van der Waals surface area contributed by atoms with Crippen molar-refractivity contribution in [2.24, 2.45) is 5.92 Å². The summed E-state index contributed by atoms with van der Waals surface area (Å²) in [6.45, 7) is 6.43. The van der Waals surface area contributed by atoms with Crippen LogP contribution >= 0.6 is 0 Å². The van der Waals surface area contributed by atoms with Crippen LogP contribution in [0, 0.1) is 5.92 Å². The highest BCUT2D eigenvalue weighted by Gasteiger charge is 2.36. The first-order chi connectivity index (χ1) is 8.35. The second-order valence-electron chi connectivity index (χ2n) is 4.44. The minimum Gasteiger partial charge on any atom is -0.370 e. The molecule has 1 heterocycles. The zero-order valence-electron chi connectivity index (χ0n) is 10.6. The van der Waals surface area contributed by atoms with E-state index in [4.69, 9.17) is 9.26 Å². The van der Waals surface area contributed by atoms with Gasteiger partial charge in [0.25, 0.3) is 0 Å². The smallest absolute Gasteiger partial charge is 0.240 e. The van der Waals surface area contributed by atoms with Crippen molar-refractivity contribution in [1.29, 1.82) is 0 Å². The predicted octanol–water partition coefficient (Wildman–Crippen LogP) is 2.06. The molecule has 17 heavy (non-hydrogen) atoms. The zero-order chi connectivity index (χ0) is 12.1. The van der Waals surface area contributed by atoms with Gasteiger partial charge in [-0.25, -0.2) is 0 Å². The Labute approximate surface area is 102 Å². The van der Waals surface area contributed by atoms with Crippen molar-refractivity contribution in [2.45, 2.75) is 45.8 Å². The van der Waals surface area contributed by atoms with Gasteiger partial charge in [0.05, 0.1) is 6.54 Å². The van der Waals surface area contributed by atoms with E-state index in [1.807, 2.05) is 6.92 Å². The Morgan fingerprint density at radius 1 is 1.47 bits per heavy atom. The molecule has 96 valence electrons. The van der Waals surface area contributed by atoms with Crippen LogP contribution in [0.4, 0.5) is 0 Å². The molecular weight excluding hydrogens is 218 g/mol. The van der Waals surface area contributed by atoms with Crippen molar-refractivity contribution < 1.29 is 9.26 Å². The molecule has 1 aromatic heterocycles. The van der Waals surface area contributed by atoms with Gasteiger partial charge in [-0.1, -0.05) is 12.1 Å². The number of nitrogens with one attached hydrogen (secondary N) is 1. The average molecular weight is 239 g/mol. The fourth-order valence-electron chi connectivity index (χ4n) is 1.83. The van der Waals surface area contributed by atoms with Crippen LogP contribution in [-0.4, -0.2) is 23.3 Å². The number of nitrogens with zero attached hydrogens (tertiary/aromatic N) is 2. The molecule has 1 aromatic rings. The second kappa shape index (κ2) is 6.12. The van der Waals surface area contributed by atoms with Gasteiger partial charge in [-0.2, -0.15) is 4.98 Å². The Morgan fingerprint density at radius 3 is 2.94 bits per heavy atom. The first kappa shape index (κ1) is 12.5. The molecule has 1 fully saturated rings. The molecule has 1 unspecified atom stereocenters. The summed E-state index contributed by atoms with van der Waals surface area (Å²) in [5.41, 5.74) is 0. The maximum absolute atomic E-state index is 5.69. The standard InChI is InChI=1S/C12H21N3O2/c1-3-7-13-8-10-14-12(15-17-10)11(16-4-2)9-5-6-9/h9,11,13H,3-8H2,1-2H3. The van der Waals surface area contributed by atoms with E-state index in [2.05, 4.69) is 22.4 Å². The molecule has 0 radical (unpaired) electrons. The first-order valence-electron chi connectivity index (χ1n) is 6.50. The van der Waals surface area contributed by atoms with Gasteiger partial charge in [0, 0.05) is 6.61 Å². The van der Waals surface area contributed by atoms with Gasteiger partial charge in [0.1, 0.15) is 6.10 Å². The topological polar surface area (TPSA) is 60.2 Å². The highest BCUT2D eigenvalue weighted by molar-refractivity contribution is 4.98. The summed E-state index contributed by atoms with van der Waals surface area (Å²) in [4.78, 5) is 4.40. The maximum atomic E-state index is 5.69. The number of hydrogen-bond acceptors (Lipinski definition) is 5. The third kappa shape index (κ3) is 3.51. The van der Waals surface area contributed by atoms with E-state index < -0.39 is 0 Å². The van der Waals surface area contributed by atoms with Crippen molar-refractivity contribution in [3.8, 4) is 0 Å². The lowest BCUT2D eigenvalue weighted by Gasteiger charge is -2.10. The molecule has 0 aromatic carbocycles. The van der Waals surface area contributed by atoms with Gasteiger partial charge >= 0.3 is 0 Å². The Hall–Kier alpha value is -0.940. The number of aromatic nitrogens is 2. The lowest BCUT2D eigenvalue weighted by molar-refractivity contribution is 0.0384. The molecule has 1 aliphatic carbocycles. The molecule has 0 amide bonds. The van der Waals surface area contributed by atoms with Gasteiger partial charge in [-0.05, 0) is 38.6 Å². The van der Waals surface area contributed by atoms with E-state index in [0.717, 1.165) is 13.0 Å². The Morgan fingerprint density at radius 2 is 2.29 bits per heavy atom. The minimum absolute atomic E-state index is 0.0312. The SMILES string of the molecule is CCCNCc1nc(C(OCC)C2CC2)no1. The summed E-state index contributed by atoms with van der Waals surface area (Å²) in [5, 5.41) is 7.27. The summed E-state index contributed by atoms with van der Waals surface area (Å²) in [6, 6.07) is 0. The number of hydrogen-bond donors (Lipinski definition) is 1. The first-order valence-corrected chi connectivity index (χ1v) is 6.50. The van der Waals surface area contributed by atoms with E-state index >= 15 is 0 Å². The van der Waals surface area contributed by atoms with Crippen molar-refractivity contribution in [2.75, 3.05) is 13.2 Å². The van der Waals surface area contributed by atoms with Crippen LogP contribution in [0.5, 0.6) is 0 Å². The molecule has 5 heteroatoms. The molecule has 5 nitrogen and oxygen atoms in total. The molecule has 1 atom stereocenters. The quantitative estimate of drug-likeness (QED) is 0.704. The largest absolute Gasteiger partial charge is 0.370 e. The summed E-state index contributed by atoms with van der Waals surface area (Å²) in [7, 11) is 0. The predicted molar refractivity (Wildman–Crippen MR) is 63.4 cm³/mol. The normalized spacial score (nSPS) is 17.3. The lowest BCUT2D eigenvalue weighted by Crippen LogP contribution is -2.14. The third-order valence-electron chi connectivity index (χ3n) is 2.84. The van der Waals surface area contributed by atoms with E-state index in [9.17, 15) is 0 Å². The molecule has 1 saturated carbocycles. The van der Waals surface area contributed by atoms with E-state index in [0.29, 0.717) is 30.8 Å². The van der Waals surface area contributed by atoms with Crippen molar-refractivity contribution in [1.82, 2.24) is 15.5 Å². The van der Waals surface area contributed by atoms with E-state index in [-0.39, 0.29) is 6.10 Å². The van der Waals surface area contributed by atoms with E-state index in [1.54, 1.807) is 0 Å². The summed E-state index contributed by atoms with van der Waals surface area (Å²) in [5.74, 6) is 1.95. The molecule has 2 rings (SSSR count). The monoisotopic (exact) mass is 239 g/mol. The molecular formula is C12H21N3O2. The number of ether oxygens (including phenoxy) is 1. The highest BCUT2D eigenvalue weighted by Crippen LogP contribution is 2.42. The van der Waals surface area contributed by atoms with Crippen molar-refractivity contribution in [3.63, 3.8) is 0 Å². The van der Waals surface area contributed by atoms with Gasteiger partial charge in [0.2, 0.25) is 11.7 Å².